The van der Waals surface area contributed by atoms with Crippen molar-refractivity contribution in [1.29, 1.82) is 0 Å². The van der Waals surface area contributed by atoms with Gasteiger partial charge in [0.1, 0.15) is 5.82 Å². The van der Waals surface area contributed by atoms with Gasteiger partial charge in [0.25, 0.3) is 5.91 Å². The summed E-state index contributed by atoms with van der Waals surface area (Å²) in [7, 11) is 0. The van der Waals surface area contributed by atoms with E-state index in [4.69, 9.17) is 0 Å². The Morgan fingerprint density at radius 1 is 1.25 bits per heavy atom. The number of rotatable bonds is 5. The summed E-state index contributed by atoms with van der Waals surface area (Å²) in [6, 6.07) is 15.0. The summed E-state index contributed by atoms with van der Waals surface area (Å²) in [6.45, 7) is 2.66. The van der Waals surface area contributed by atoms with Crippen molar-refractivity contribution in [2.75, 3.05) is 5.75 Å². The Hall–Kier alpha value is -2.60. The van der Waals surface area contributed by atoms with Crippen LogP contribution in [-0.4, -0.2) is 21.4 Å². The fourth-order valence-corrected chi connectivity index (χ4v) is 4.78. The maximum absolute atomic E-state index is 14.1. The van der Waals surface area contributed by atoms with Crippen molar-refractivity contribution < 1.29 is 9.18 Å². The van der Waals surface area contributed by atoms with Gasteiger partial charge in [0.2, 0.25) is 0 Å². The second-order valence-electron chi connectivity index (χ2n) is 6.82. The summed E-state index contributed by atoms with van der Waals surface area (Å²) in [5.74, 6) is 0.418. The van der Waals surface area contributed by atoms with E-state index in [1.165, 1.54) is 17.8 Å². The average molecular weight is 396 g/mol. The highest BCUT2D eigenvalue weighted by Crippen LogP contribution is 2.37. The molecule has 1 amide bonds. The maximum atomic E-state index is 14.1. The van der Waals surface area contributed by atoms with E-state index in [1.54, 1.807) is 12.3 Å². The molecule has 1 atom stereocenters. The van der Waals surface area contributed by atoms with Gasteiger partial charge in [-0.15, -0.1) is 11.8 Å². The Morgan fingerprint density at radius 2 is 2.07 bits per heavy atom. The number of aromatic nitrogens is 2. The van der Waals surface area contributed by atoms with Gasteiger partial charge < -0.3 is 5.32 Å². The van der Waals surface area contributed by atoms with Crippen LogP contribution in [-0.2, 0) is 13.0 Å². The van der Waals surface area contributed by atoms with Gasteiger partial charge in [-0.25, -0.2) is 4.39 Å². The molecule has 0 spiro atoms. The van der Waals surface area contributed by atoms with E-state index in [1.807, 2.05) is 48.0 Å². The first-order valence-corrected chi connectivity index (χ1v) is 10.5. The third kappa shape index (κ3) is 3.69. The molecule has 144 valence electrons. The molecule has 0 saturated heterocycles. The van der Waals surface area contributed by atoms with Gasteiger partial charge in [-0.1, -0.05) is 49.4 Å². The number of amides is 1. The number of hydrogen-bond acceptors (Lipinski definition) is 3. The van der Waals surface area contributed by atoms with Crippen LogP contribution in [0.4, 0.5) is 4.39 Å². The molecule has 6 heteroatoms. The Balaban J connectivity index is 1.56. The first kappa shape index (κ1) is 18.7. The van der Waals surface area contributed by atoms with Gasteiger partial charge in [0.05, 0.1) is 30.0 Å². The lowest BCUT2D eigenvalue weighted by molar-refractivity contribution is 0.0933. The molecule has 2 aromatic carbocycles. The fraction of sp³-hybridized carbons (Fsp3) is 0.273. The SMILES string of the molecule is CCc1c(C(=O)NC2CCSc3c(F)cccc32)cnn1Cc1ccccc1. The van der Waals surface area contributed by atoms with Crippen LogP contribution in [0.15, 0.2) is 59.6 Å². The summed E-state index contributed by atoms with van der Waals surface area (Å²) < 4.78 is 16.0. The van der Waals surface area contributed by atoms with Gasteiger partial charge in [0, 0.05) is 10.6 Å². The topological polar surface area (TPSA) is 46.9 Å². The number of halogens is 1. The summed E-state index contributed by atoms with van der Waals surface area (Å²) in [5, 5.41) is 7.54. The second kappa shape index (κ2) is 8.19. The minimum absolute atomic E-state index is 0.150. The second-order valence-corrected chi connectivity index (χ2v) is 7.93. The molecule has 1 aromatic heterocycles. The van der Waals surface area contributed by atoms with E-state index in [0.29, 0.717) is 23.4 Å². The monoisotopic (exact) mass is 395 g/mol. The average Bonchev–Trinajstić information content (AvgIpc) is 3.12. The van der Waals surface area contributed by atoms with Crippen molar-refractivity contribution in [3.63, 3.8) is 0 Å². The van der Waals surface area contributed by atoms with Crippen LogP contribution in [0.2, 0.25) is 0 Å². The lowest BCUT2D eigenvalue weighted by atomic mass is 10.0. The van der Waals surface area contributed by atoms with Crippen molar-refractivity contribution in [2.24, 2.45) is 0 Å². The number of nitrogens with one attached hydrogen (secondary N) is 1. The van der Waals surface area contributed by atoms with Crippen LogP contribution in [0.1, 0.15) is 46.6 Å². The first-order valence-electron chi connectivity index (χ1n) is 9.48. The number of carbonyl (C=O) groups excluding carboxylic acids is 1. The van der Waals surface area contributed by atoms with E-state index < -0.39 is 0 Å². The van der Waals surface area contributed by atoms with Crippen LogP contribution < -0.4 is 5.32 Å². The zero-order chi connectivity index (χ0) is 19.5. The molecular formula is C22H22FN3OS. The quantitative estimate of drug-likeness (QED) is 0.687. The predicted octanol–water partition coefficient (Wildman–Crippen LogP) is 4.60. The highest BCUT2D eigenvalue weighted by Gasteiger charge is 2.26. The minimum Gasteiger partial charge on any atom is -0.345 e. The molecule has 3 aromatic rings. The Morgan fingerprint density at radius 3 is 2.86 bits per heavy atom. The molecule has 0 fully saturated rings. The molecule has 4 nitrogen and oxygen atoms in total. The fourth-order valence-electron chi connectivity index (χ4n) is 3.64. The Kier molecular flexibility index (Phi) is 5.48. The third-order valence-electron chi connectivity index (χ3n) is 5.03. The predicted molar refractivity (Wildman–Crippen MR) is 109 cm³/mol. The van der Waals surface area contributed by atoms with Crippen LogP contribution in [0.5, 0.6) is 0 Å². The van der Waals surface area contributed by atoms with Crippen molar-refractivity contribution in [3.8, 4) is 0 Å². The Labute approximate surface area is 168 Å². The number of nitrogens with zero attached hydrogens (tertiary/aromatic N) is 2. The molecule has 4 rings (SSSR count). The maximum Gasteiger partial charge on any atom is 0.255 e. The molecule has 1 unspecified atom stereocenters. The highest BCUT2D eigenvalue weighted by molar-refractivity contribution is 7.99. The van der Waals surface area contributed by atoms with Crippen LogP contribution in [0, 0.1) is 5.82 Å². The van der Waals surface area contributed by atoms with Crippen LogP contribution in [0.25, 0.3) is 0 Å². The molecule has 28 heavy (non-hydrogen) atoms. The molecule has 0 radical (unpaired) electrons. The Bertz CT molecular complexity index is 987. The van der Waals surface area contributed by atoms with Gasteiger partial charge >= 0.3 is 0 Å². The molecule has 0 bridgehead atoms. The largest absolute Gasteiger partial charge is 0.345 e. The number of thioether (sulfide) groups is 1. The number of hydrogen-bond donors (Lipinski definition) is 1. The lowest BCUT2D eigenvalue weighted by Crippen LogP contribution is -2.31. The van der Waals surface area contributed by atoms with Crippen molar-refractivity contribution in [1.82, 2.24) is 15.1 Å². The normalized spacial score (nSPS) is 15.9. The molecular weight excluding hydrogens is 373 g/mol. The van der Waals surface area contributed by atoms with Gasteiger partial charge in [0.15, 0.2) is 0 Å². The van der Waals surface area contributed by atoms with Crippen LogP contribution in [0.3, 0.4) is 0 Å². The standard InChI is InChI=1S/C22H22FN3OS/c1-2-20-17(13-24-26(20)14-15-7-4-3-5-8-15)22(27)25-19-11-12-28-21-16(19)9-6-10-18(21)23/h3-10,13,19H,2,11-12,14H2,1H3,(H,25,27). The zero-order valence-electron chi connectivity index (χ0n) is 15.7. The number of carbonyl (C=O) groups is 1. The lowest BCUT2D eigenvalue weighted by Gasteiger charge is -2.26. The van der Waals surface area contributed by atoms with E-state index in [-0.39, 0.29) is 17.8 Å². The molecule has 0 saturated carbocycles. The molecule has 1 N–H and O–H groups in total. The molecule has 0 aliphatic carbocycles. The summed E-state index contributed by atoms with van der Waals surface area (Å²) in [6.07, 6.45) is 3.13. The highest BCUT2D eigenvalue weighted by atomic mass is 32.2. The van der Waals surface area contributed by atoms with E-state index in [0.717, 1.165) is 29.0 Å². The van der Waals surface area contributed by atoms with Gasteiger partial charge in [-0.05, 0) is 30.0 Å². The van der Waals surface area contributed by atoms with Crippen molar-refractivity contribution in [3.05, 3.63) is 82.9 Å². The summed E-state index contributed by atoms with van der Waals surface area (Å²) >= 11 is 1.51. The zero-order valence-corrected chi connectivity index (χ0v) is 16.5. The number of benzene rings is 2. The number of fused-ring (bicyclic) bond motifs is 1. The van der Waals surface area contributed by atoms with Gasteiger partial charge in [-0.2, -0.15) is 5.10 Å². The third-order valence-corrected chi connectivity index (χ3v) is 6.19. The summed E-state index contributed by atoms with van der Waals surface area (Å²) in [5.41, 5.74) is 3.50. The van der Waals surface area contributed by atoms with E-state index in [9.17, 15) is 9.18 Å². The summed E-state index contributed by atoms with van der Waals surface area (Å²) in [4.78, 5) is 13.6. The van der Waals surface area contributed by atoms with Crippen molar-refractivity contribution >= 4 is 17.7 Å². The van der Waals surface area contributed by atoms with E-state index >= 15 is 0 Å². The van der Waals surface area contributed by atoms with Crippen LogP contribution >= 0.6 is 11.8 Å². The van der Waals surface area contributed by atoms with E-state index in [2.05, 4.69) is 10.4 Å². The smallest absolute Gasteiger partial charge is 0.255 e. The molecule has 2 heterocycles. The minimum atomic E-state index is -0.216. The molecule has 1 aliphatic rings. The van der Waals surface area contributed by atoms with Gasteiger partial charge in [-0.3, -0.25) is 9.48 Å². The molecule has 1 aliphatic heterocycles. The first-order chi connectivity index (χ1) is 13.7. The van der Waals surface area contributed by atoms with Crippen molar-refractivity contribution in [2.45, 2.75) is 37.2 Å².